The van der Waals surface area contributed by atoms with Crippen LogP contribution in [0.25, 0.3) is 0 Å². The molecule has 0 fully saturated rings. The third-order valence-corrected chi connectivity index (χ3v) is 3.36. The minimum Gasteiger partial charge on any atom is -0.467 e. The van der Waals surface area contributed by atoms with E-state index in [1.54, 1.807) is 24.3 Å². The number of benzene rings is 1. The van der Waals surface area contributed by atoms with Crippen molar-refractivity contribution in [1.82, 2.24) is 16.0 Å². The average Bonchev–Trinajstić information content (AvgIpc) is 2.68. The number of hydrogen-bond donors (Lipinski definition) is 4. The van der Waals surface area contributed by atoms with Gasteiger partial charge in [0, 0.05) is 0 Å². The zero-order chi connectivity index (χ0) is 20.2. The summed E-state index contributed by atoms with van der Waals surface area (Å²) in [5.74, 6) is -2.14. The van der Waals surface area contributed by atoms with Crippen molar-refractivity contribution in [3.63, 3.8) is 0 Å². The molecule has 10 heteroatoms. The van der Waals surface area contributed by atoms with Gasteiger partial charge in [0.15, 0.2) is 6.04 Å². The predicted molar refractivity (Wildman–Crippen MR) is 93.3 cm³/mol. The minimum atomic E-state index is -1.23. The summed E-state index contributed by atoms with van der Waals surface area (Å²) in [5.41, 5.74) is 0.798. The maximum Gasteiger partial charge on any atom is 0.407 e. The van der Waals surface area contributed by atoms with Gasteiger partial charge in [0.05, 0.1) is 13.7 Å². The average molecular weight is 381 g/mol. The number of nitrogens with one attached hydrogen (secondary N) is 3. The quantitative estimate of drug-likeness (QED) is 0.405. The van der Waals surface area contributed by atoms with Gasteiger partial charge in [-0.25, -0.2) is 9.59 Å². The highest BCUT2D eigenvalue weighted by molar-refractivity contribution is 5.91. The third-order valence-electron chi connectivity index (χ3n) is 3.36. The number of hydrogen-bond acceptors (Lipinski definition) is 7. The van der Waals surface area contributed by atoms with Gasteiger partial charge < -0.3 is 30.5 Å². The fourth-order valence-electron chi connectivity index (χ4n) is 1.90. The monoisotopic (exact) mass is 381 g/mol. The third kappa shape index (κ3) is 8.19. The molecule has 1 rings (SSSR count). The second-order valence-corrected chi connectivity index (χ2v) is 5.47. The molecule has 0 aliphatic rings. The second kappa shape index (κ2) is 11.5. The summed E-state index contributed by atoms with van der Waals surface area (Å²) in [7, 11) is 1.12. The fraction of sp³-hybridized carbons (Fsp3) is 0.412. The second-order valence-electron chi connectivity index (χ2n) is 5.47. The molecule has 0 aromatic heterocycles. The number of methoxy groups -OCH3 is 1. The Morgan fingerprint density at radius 3 is 2.37 bits per heavy atom. The first-order valence-corrected chi connectivity index (χ1v) is 8.10. The van der Waals surface area contributed by atoms with Crippen molar-refractivity contribution >= 4 is 23.9 Å². The van der Waals surface area contributed by atoms with E-state index >= 15 is 0 Å². The van der Waals surface area contributed by atoms with Gasteiger partial charge in [-0.05, 0) is 12.5 Å². The molecular weight excluding hydrogens is 358 g/mol. The Morgan fingerprint density at radius 1 is 1.11 bits per heavy atom. The Bertz CT molecular complexity index is 651. The Kier molecular flexibility index (Phi) is 9.30. The lowest BCUT2D eigenvalue weighted by Gasteiger charge is -2.18. The van der Waals surface area contributed by atoms with Crippen LogP contribution in [0.15, 0.2) is 30.3 Å². The summed E-state index contributed by atoms with van der Waals surface area (Å²) in [6.45, 7) is 0.398. The molecular formula is C17H23N3O7. The van der Waals surface area contributed by atoms with Crippen molar-refractivity contribution in [3.8, 4) is 0 Å². The van der Waals surface area contributed by atoms with Gasteiger partial charge in [-0.15, -0.1) is 0 Å². The maximum atomic E-state index is 11.9. The van der Waals surface area contributed by atoms with Crippen molar-refractivity contribution in [1.29, 1.82) is 0 Å². The van der Waals surface area contributed by atoms with Crippen LogP contribution in [0.5, 0.6) is 0 Å². The summed E-state index contributed by atoms with van der Waals surface area (Å²) in [6.07, 6.45) is -0.780. The molecule has 0 heterocycles. The molecule has 4 N–H and O–H groups in total. The Morgan fingerprint density at radius 2 is 1.78 bits per heavy atom. The van der Waals surface area contributed by atoms with Crippen LogP contribution in [0.2, 0.25) is 0 Å². The molecule has 148 valence electrons. The van der Waals surface area contributed by atoms with Gasteiger partial charge in [0.1, 0.15) is 19.2 Å². The molecule has 1 aromatic carbocycles. The lowest BCUT2D eigenvalue weighted by molar-refractivity contribution is -0.146. The van der Waals surface area contributed by atoms with Crippen LogP contribution in [0.4, 0.5) is 4.79 Å². The molecule has 27 heavy (non-hydrogen) atoms. The van der Waals surface area contributed by atoms with Crippen molar-refractivity contribution in [2.45, 2.75) is 25.6 Å². The summed E-state index contributed by atoms with van der Waals surface area (Å²) in [6, 6.07) is 6.78. The first kappa shape index (κ1) is 21.9. The SMILES string of the molecule is COC(=O)[C@H](CO)NC(=O)[C@@H](C)NC(=O)CNC(=O)OCc1ccccc1. The van der Waals surface area contributed by atoms with E-state index in [-0.39, 0.29) is 6.61 Å². The Hall–Kier alpha value is -3.14. The number of carbonyl (C=O) groups excluding carboxylic acids is 4. The molecule has 0 radical (unpaired) electrons. The van der Waals surface area contributed by atoms with E-state index in [1.807, 2.05) is 6.07 Å². The van der Waals surface area contributed by atoms with Crippen LogP contribution in [0, 0.1) is 0 Å². The van der Waals surface area contributed by atoms with Crippen LogP contribution >= 0.6 is 0 Å². The number of carbonyl (C=O) groups is 4. The van der Waals surface area contributed by atoms with Crippen LogP contribution in [0.1, 0.15) is 12.5 Å². The van der Waals surface area contributed by atoms with Gasteiger partial charge in [-0.2, -0.15) is 0 Å². The molecule has 0 bridgehead atoms. The molecule has 0 saturated carbocycles. The van der Waals surface area contributed by atoms with E-state index in [0.717, 1.165) is 12.7 Å². The molecule has 0 aliphatic heterocycles. The molecule has 3 amide bonds. The topological polar surface area (TPSA) is 143 Å². The lowest BCUT2D eigenvalue weighted by atomic mass is 10.2. The van der Waals surface area contributed by atoms with Gasteiger partial charge in [-0.3, -0.25) is 9.59 Å². The highest BCUT2D eigenvalue weighted by Crippen LogP contribution is 2.00. The Labute approximate surface area is 156 Å². The predicted octanol–water partition coefficient (Wildman–Crippen LogP) is -0.932. The smallest absolute Gasteiger partial charge is 0.407 e. The number of aliphatic hydroxyl groups excluding tert-OH is 1. The molecule has 0 saturated heterocycles. The standard InChI is InChI=1S/C17H23N3O7/c1-11(15(23)20-13(9-21)16(24)26-2)19-14(22)8-18-17(25)27-10-12-6-4-3-5-7-12/h3-7,11,13,21H,8-10H2,1-2H3,(H,18,25)(H,19,22)(H,20,23)/t11-,13+/m1/s1. The van der Waals surface area contributed by atoms with Gasteiger partial charge in [0.2, 0.25) is 11.8 Å². The summed E-state index contributed by atoms with van der Waals surface area (Å²) < 4.78 is 9.37. The van der Waals surface area contributed by atoms with E-state index in [2.05, 4.69) is 20.7 Å². The largest absolute Gasteiger partial charge is 0.467 e. The summed E-state index contributed by atoms with van der Waals surface area (Å²) in [4.78, 5) is 46.6. The molecule has 0 unspecified atom stereocenters. The van der Waals surface area contributed by atoms with E-state index in [0.29, 0.717) is 0 Å². The van der Waals surface area contributed by atoms with E-state index in [9.17, 15) is 19.2 Å². The number of alkyl carbamates (subject to hydrolysis) is 1. The molecule has 0 aliphatic carbocycles. The van der Waals surface area contributed by atoms with Crippen molar-refractivity contribution in [2.75, 3.05) is 20.3 Å². The van der Waals surface area contributed by atoms with Crippen LogP contribution in [-0.2, 0) is 30.5 Å². The lowest BCUT2D eigenvalue weighted by Crippen LogP contribution is -2.53. The Balaban J connectivity index is 2.32. The van der Waals surface area contributed by atoms with Crippen molar-refractivity contribution < 1.29 is 33.8 Å². The highest BCUT2D eigenvalue weighted by atomic mass is 16.5. The first-order valence-electron chi connectivity index (χ1n) is 8.10. The summed E-state index contributed by atoms with van der Waals surface area (Å²) in [5, 5.41) is 15.9. The number of amides is 3. The summed E-state index contributed by atoms with van der Waals surface area (Å²) >= 11 is 0. The van der Waals surface area contributed by atoms with E-state index < -0.39 is 49.1 Å². The minimum absolute atomic E-state index is 0.0587. The number of aliphatic hydroxyl groups is 1. The van der Waals surface area contributed by atoms with Crippen molar-refractivity contribution in [3.05, 3.63) is 35.9 Å². The van der Waals surface area contributed by atoms with E-state index in [4.69, 9.17) is 9.84 Å². The zero-order valence-corrected chi connectivity index (χ0v) is 15.1. The van der Waals surface area contributed by atoms with Crippen LogP contribution in [0.3, 0.4) is 0 Å². The molecule has 10 nitrogen and oxygen atoms in total. The molecule has 2 atom stereocenters. The number of ether oxygens (including phenoxy) is 2. The maximum absolute atomic E-state index is 11.9. The normalized spacial score (nSPS) is 12.3. The molecule has 0 spiro atoms. The van der Waals surface area contributed by atoms with E-state index in [1.165, 1.54) is 6.92 Å². The van der Waals surface area contributed by atoms with Crippen LogP contribution in [-0.4, -0.2) is 61.3 Å². The fourth-order valence-corrected chi connectivity index (χ4v) is 1.90. The highest BCUT2D eigenvalue weighted by Gasteiger charge is 2.24. The van der Waals surface area contributed by atoms with Gasteiger partial charge in [-0.1, -0.05) is 30.3 Å². The van der Waals surface area contributed by atoms with Gasteiger partial charge >= 0.3 is 12.1 Å². The number of rotatable bonds is 9. The van der Waals surface area contributed by atoms with Crippen molar-refractivity contribution in [2.24, 2.45) is 0 Å². The first-order chi connectivity index (χ1) is 12.9. The van der Waals surface area contributed by atoms with Gasteiger partial charge in [0.25, 0.3) is 0 Å². The van der Waals surface area contributed by atoms with Crippen LogP contribution < -0.4 is 16.0 Å². The number of esters is 1. The zero-order valence-electron chi connectivity index (χ0n) is 15.1. The molecule has 1 aromatic rings.